The Morgan fingerprint density at radius 3 is 0.638 bits per heavy atom. The summed E-state index contributed by atoms with van der Waals surface area (Å²) in [5, 5.41) is 28.8. The summed E-state index contributed by atoms with van der Waals surface area (Å²) in [4.78, 5) is 37.6. The van der Waals surface area contributed by atoms with E-state index in [-0.39, 0.29) is 16.7 Å². The van der Waals surface area contributed by atoms with Gasteiger partial charge in [-0.2, -0.15) is 0 Å². The predicted molar refractivity (Wildman–Crippen MR) is 235 cm³/mol. The Labute approximate surface area is 341 Å². The first-order valence-electron chi connectivity index (χ1n) is 19.4. The fourth-order valence-electron chi connectivity index (χ4n) is 8.86. The van der Waals surface area contributed by atoms with E-state index < -0.39 is 17.9 Å². The molecule has 0 spiro atoms. The largest absolute Gasteiger partial charge is 0.478 e. The second-order valence-corrected chi connectivity index (χ2v) is 15.7. The molecule has 0 bridgehead atoms. The van der Waals surface area contributed by atoms with E-state index in [1.165, 1.54) is 0 Å². The highest BCUT2D eigenvalue weighted by Gasteiger charge is 2.31. The Morgan fingerprint density at radius 2 is 0.483 bits per heavy atom. The zero-order valence-electron chi connectivity index (χ0n) is 35.4. The van der Waals surface area contributed by atoms with E-state index in [0.29, 0.717) is 0 Å². The van der Waals surface area contributed by atoms with Crippen LogP contribution in [0.5, 0.6) is 0 Å². The Bertz CT molecular complexity index is 2300. The summed E-state index contributed by atoms with van der Waals surface area (Å²) in [5.41, 5.74) is 23.3. The molecule has 0 amide bonds. The average molecular weight is 774 g/mol. The summed E-state index contributed by atoms with van der Waals surface area (Å²) in [6.07, 6.45) is 0. The second kappa shape index (κ2) is 15.5. The molecule has 6 aromatic rings. The molecule has 7 heteroatoms. The minimum atomic E-state index is -0.961. The van der Waals surface area contributed by atoms with E-state index in [1.54, 1.807) is 36.4 Å². The van der Waals surface area contributed by atoms with Crippen LogP contribution in [0.1, 0.15) is 97.8 Å². The lowest BCUT2D eigenvalue weighted by Crippen LogP contribution is -2.21. The molecule has 0 atom stereocenters. The van der Waals surface area contributed by atoms with E-state index in [4.69, 9.17) is 0 Å². The number of carbonyl (C=O) groups is 3. The number of carboxylic acids is 3. The molecule has 0 unspecified atom stereocenters. The smallest absolute Gasteiger partial charge is 0.335 e. The van der Waals surface area contributed by atoms with Gasteiger partial charge in [0, 0.05) is 0 Å². The van der Waals surface area contributed by atoms with Crippen molar-refractivity contribution in [3.8, 4) is 33.4 Å². The maximum absolute atomic E-state index is 11.7. The Morgan fingerprint density at radius 1 is 0.310 bits per heavy atom. The van der Waals surface area contributed by atoms with Crippen molar-refractivity contribution in [2.75, 3.05) is 4.90 Å². The van der Waals surface area contributed by atoms with Crippen molar-refractivity contribution >= 4 is 35.0 Å². The minimum Gasteiger partial charge on any atom is -0.478 e. The van der Waals surface area contributed by atoms with Crippen molar-refractivity contribution in [3.63, 3.8) is 0 Å². The van der Waals surface area contributed by atoms with Crippen LogP contribution in [0.3, 0.4) is 0 Å². The third kappa shape index (κ3) is 6.74. The molecule has 0 radical (unpaired) electrons. The molecule has 0 saturated heterocycles. The van der Waals surface area contributed by atoms with Crippen LogP contribution in [-0.4, -0.2) is 33.2 Å². The number of benzene rings is 6. The van der Waals surface area contributed by atoms with E-state index >= 15 is 0 Å². The van der Waals surface area contributed by atoms with Crippen LogP contribution in [0.2, 0.25) is 0 Å². The lowest BCUT2D eigenvalue weighted by molar-refractivity contribution is 0.0686. The summed E-state index contributed by atoms with van der Waals surface area (Å²) >= 11 is 0. The van der Waals surface area contributed by atoms with Gasteiger partial charge in [0.15, 0.2) is 0 Å². The van der Waals surface area contributed by atoms with E-state index in [9.17, 15) is 29.7 Å². The normalized spacial score (nSPS) is 11.2. The lowest BCUT2D eigenvalue weighted by atomic mass is 9.83. The monoisotopic (exact) mass is 773 g/mol. The van der Waals surface area contributed by atoms with Crippen molar-refractivity contribution in [2.24, 2.45) is 0 Å². The molecule has 0 aliphatic carbocycles. The molecule has 296 valence electrons. The summed E-state index contributed by atoms with van der Waals surface area (Å²) in [6, 6.07) is 21.3. The molecule has 0 saturated carbocycles. The van der Waals surface area contributed by atoms with E-state index in [2.05, 4.69) is 88.0 Å². The van der Waals surface area contributed by atoms with Crippen LogP contribution in [0, 0.1) is 83.1 Å². The van der Waals surface area contributed by atoms with Crippen molar-refractivity contribution < 1.29 is 29.7 Å². The maximum Gasteiger partial charge on any atom is 0.335 e. The minimum absolute atomic E-state index is 0.242. The highest BCUT2D eigenvalue weighted by molar-refractivity contribution is 5.96. The van der Waals surface area contributed by atoms with Crippen LogP contribution in [0.15, 0.2) is 72.8 Å². The van der Waals surface area contributed by atoms with Crippen LogP contribution in [0.4, 0.5) is 17.1 Å². The lowest BCUT2D eigenvalue weighted by Gasteiger charge is -2.38. The first-order chi connectivity index (χ1) is 27.3. The topological polar surface area (TPSA) is 115 Å². The molecule has 0 aliphatic heterocycles. The van der Waals surface area contributed by atoms with Crippen molar-refractivity contribution in [1.82, 2.24) is 0 Å². The number of hydrogen-bond donors (Lipinski definition) is 3. The molecule has 58 heavy (non-hydrogen) atoms. The molecule has 0 heterocycles. The van der Waals surface area contributed by atoms with Crippen LogP contribution in [-0.2, 0) is 0 Å². The standard InChI is InChI=1S/C51H51NO6/c1-25-31(7)46(32(8)26(2)43(25)37-13-19-40(20-14-37)49(53)54)52(47-33(9)27(3)44(28(4)34(47)10)38-15-21-41(22-16-38)50(55)56)48-35(11)29(5)45(30(6)36(48)12)39-17-23-42(24-18-39)51(57)58/h13-24H,1-12H3,(H,53,54)(H,55,56)(H,57,58). The van der Waals surface area contributed by atoms with Gasteiger partial charge in [-0.05, 0) is 220 Å². The Kier molecular flexibility index (Phi) is 11.0. The van der Waals surface area contributed by atoms with Crippen molar-refractivity contribution in [3.05, 3.63) is 156 Å². The second-order valence-electron chi connectivity index (χ2n) is 15.7. The molecule has 6 aromatic carbocycles. The molecule has 6 rings (SSSR count). The molecule has 3 N–H and O–H groups in total. The first kappa shape index (κ1) is 41.2. The maximum atomic E-state index is 11.7. The number of nitrogens with zero attached hydrogens (tertiary/aromatic N) is 1. The summed E-state index contributed by atoms with van der Waals surface area (Å²) in [6.45, 7) is 25.9. The van der Waals surface area contributed by atoms with Crippen LogP contribution >= 0.6 is 0 Å². The van der Waals surface area contributed by atoms with Gasteiger partial charge in [0.05, 0.1) is 33.8 Å². The third-order valence-electron chi connectivity index (χ3n) is 12.7. The summed E-state index contributed by atoms with van der Waals surface area (Å²) < 4.78 is 0. The van der Waals surface area contributed by atoms with Gasteiger partial charge < -0.3 is 20.2 Å². The number of rotatable bonds is 9. The molecule has 0 fully saturated rings. The van der Waals surface area contributed by atoms with Crippen molar-refractivity contribution in [1.29, 1.82) is 0 Å². The van der Waals surface area contributed by atoms with Gasteiger partial charge in [0.25, 0.3) is 0 Å². The molecular weight excluding hydrogens is 723 g/mol. The SMILES string of the molecule is Cc1c(C)c(N(c2c(C)c(C)c(-c3ccc(C(=O)O)cc3)c(C)c2C)c2c(C)c(C)c(-c3ccc(C(=O)O)cc3)c(C)c2C)c(C)c(C)c1-c1ccc(C(=O)O)cc1. The summed E-state index contributed by atoms with van der Waals surface area (Å²) in [5.74, 6) is -2.88. The quantitative estimate of drug-likeness (QED) is 0.134. The van der Waals surface area contributed by atoms with Crippen LogP contribution < -0.4 is 4.90 Å². The van der Waals surface area contributed by atoms with Gasteiger partial charge in [-0.25, -0.2) is 14.4 Å². The first-order valence-corrected chi connectivity index (χ1v) is 19.4. The van der Waals surface area contributed by atoms with Gasteiger partial charge in [-0.15, -0.1) is 0 Å². The molecule has 7 nitrogen and oxygen atoms in total. The van der Waals surface area contributed by atoms with E-state index in [1.807, 2.05) is 36.4 Å². The molecular formula is C51H51NO6. The number of carboxylic acid groups (broad SMARTS) is 3. The average Bonchev–Trinajstić information content (AvgIpc) is 3.19. The Balaban J connectivity index is 1.70. The zero-order valence-corrected chi connectivity index (χ0v) is 35.4. The fraction of sp³-hybridized carbons (Fsp3) is 0.235. The van der Waals surface area contributed by atoms with Gasteiger partial charge in [0.2, 0.25) is 0 Å². The van der Waals surface area contributed by atoms with Gasteiger partial charge in [0.1, 0.15) is 0 Å². The number of aromatic carboxylic acids is 3. The number of anilines is 3. The van der Waals surface area contributed by atoms with Crippen LogP contribution in [0.25, 0.3) is 33.4 Å². The third-order valence-corrected chi connectivity index (χ3v) is 12.7. The highest BCUT2D eigenvalue weighted by atomic mass is 16.4. The number of hydrogen-bond acceptors (Lipinski definition) is 4. The van der Waals surface area contributed by atoms with Gasteiger partial charge in [-0.1, -0.05) is 36.4 Å². The molecule has 0 aliphatic rings. The predicted octanol–water partition coefficient (Wildman–Crippen LogP) is 13.0. The van der Waals surface area contributed by atoms with E-state index in [0.717, 1.165) is 117 Å². The van der Waals surface area contributed by atoms with Gasteiger partial charge >= 0.3 is 17.9 Å². The zero-order chi connectivity index (χ0) is 42.7. The fourth-order valence-corrected chi connectivity index (χ4v) is 8.86. The molecule has 0 aromatic heterocycles. The Hall–Kier alpha value is -6.47. The highest BCUT2D eigenvalue weighted by Crippen LogP contribution is 2.52. The van der Waals surface area contributed by atoms with Crippen molar-refractivity contribution in [2.45, 2.75) is 83.1 Å². The summed E-state index contributed by atoms with van der Waals surface area (Å²) in [7, 11) is 0. The van der Waals surface area contributed by atoms with Gasteiger partial charge in [-0.3, -0.25) is 0 Å².